The van der Waals surface area contributed by atoms with E-state index < -0.39 is 0 Å². The van der Waals surface area contributed by atoms with Crippen molar-refractivity contribution in [3.8, 4) is 11.1 Å². The first kappa shape index (κ1) is 13.5. The molecule has 1 aromatic carbocycles. The molecule has 6 heteroatoms. The summed E-state index contributed by atoms with van der Waals surface area (Å²) in [7, 11) is 0. The molecule has 0 spiro atoms. The number of thiophene rings is 1. The Balaban J connectivity index is 2.18. The van der Waals surface area contributed by atoms with E-state index in [9.17, 15) is 9.59 Å². The molecule has 0 aliphatic rings. The Kier molecular flexibility index (Phi) is 3.53. The summed E-state index contributed by atoms with van der Waals surface area (Å²) in [6, 6.07) is 9.67. The summed E-state index contributed by atoms with van der Waals surface area (Å²) in [6.07, 6.45) is 1.66. The van der Waals surface area contributed by atoms with Crippen molar-refractivity contribution in [3.05, 3.63) is 52.4 Å². The lowest BCUT2D eigenvalue weighted by atomic mass is 10.1. The van der Waals surface area contributed by atoms with Crippen molar-refractivity contribution in [2.24, 2.45) is 0 Å². The maximum Gasteiger partial charge on any atom is 0.281 e. The smallest absolute Gasteiger partial charge is 0.273 e. The van der Waals surface area contributed by atoms with Crippen LogP contribution in [0.2, 0.25) is 0 Å². The van der Waals surface area contributed by atoms with E-state index in [4.69, 9.17) is 0 Å². The molecular formula is C15H13N3O2S. The molecule has 1 amide bonds. The maximum atomic E-state index is 12.6. The second-order valence-electron chi connectivity index (χ2n) is 4.50. The van der Waals surface area contributed by atoms with E-state index in [1.54, 1.807) is 6.92 Å². The molecule has 0 radical (unpaired) electrons. The van der Waals surface area contributed by atoms with Gasteiger partial charge in [-0.15, -0.1) is 11.3 Å². The van der Waals surface area contributed by atoms with Crippen LogP contribution >= 0.6 is 11.3 Å². The molecule has 106 valence electrons. The summed E-state index contributed by atoms with van der Waals surface area (Å²) in [5, 5.41) is 2.45. The predicted octanol–water partition coefficient (Wildman–Crippen LogP) is 2.61. The highest BCUT2D eigenvalue weighted by molar-refractivity contribution is 7.17. The third-order valence-corrected chi connectivity index (χ3v) is 4.03. The van der Waals surface area contributed by atoms with Crippen LogP contribution in [0.15, 0.2) is 46.8 Å². The van der Waals surface area contributed by atoms with Crippen molar-refractivity contribution >= 4 is 27.5 Å². The van der Waals surface area contributed by atoms with Gasteiger partial charge in [0, 0.05) is 17.4 Å². The Morgan fingerprint density at radius 2 is 2.10 bits per heavy atom. The van der Waals surface area contributed by atoms with Crippen LogP contribution in [0.5, 0.6) is 0 Å². The number of carbonyl (C=O) groups excluding carboxylic acids is 1. The number of rotatable bonds is 3. The fourth-order valence-corrected chi connectivity index (χ4v) is 2.96. The molecule has 0 unspecified atom stereocenters. The van der Waals surface area contributed by atoms with E-state index >= 15 is 0 Å². The van der Waals surface area contributed by atoms with Crippen molar-refractivity contribution in [2.75, 3.05) is 5.43 Å². The molecule has 2 heterocycles. The minimum atomic E-state index is -0.262. The molecule has 1 N–H and O–H groups in total. The maximum absolute atomic E-state index is 12.6. The van der Waals surface area contributed by atoms with Gasteiger partial charge >= 0.3 is 0 Å². The minimum Gasteiger partial charge on any atom is -0.273 e. The van der Waals surface area contributed by atoms with Crippen molar-refractivity contribution in [2.45, 2.75) is 13.3 Å². The average Bonchev–Trinajstić information content (AvgIpc) is 2.95. The molecule has 0 aliphatic carbocycles. The molecule has 0 bridgehead atoms. The first-order chi connectivity index (χ1) is 10.2. The van der Waals surface area contributed by atoms with Crippen LogP contribution in [0.25, 0.3) is 21.3 Å². The number of hydrogen-bond donors (Lipinski definition) is 1. The number of fused-ring (bicyclic) bond motifs is 1. The highest BCUT2D eigenvalue weighted by Gasteiger charge is 2.13. The lowest BCUT2D eigenvalue weighted by Gasteiger charge is -2.06. The lowest BCUT2D eigenvalue weighted by molar-refractivity contribution is -0.116. The summed E-state index contributed by atoms with van der Waals surface area (Å²) in [6.45, 7) is 1.73. The van der Waals surface area contributed by atoms with Crippen LogP contribution in [-0.2, 0) is 4.79 Å². The zero-order chi connectivity index (χ0) is 14.8. The third-order valence-electron chi connectivity index (χ3n) is 3.15. The first-order valence-electron chi connectivity index (χ1n) is 6.55. The molecule has 3 rings (SSSR count). The standard InChI is InChI=1S/C15H13N3O2S/c1-2-12(19)17-18-9-16-14-13(15(18)20)11(8-21-14)10-6-4-3-5-7-10/h3-9H,2H2,1H3,(H,17,19). The van der Waals surface area contributed by atoms with Gasteiger partial charge in [0.25, 0.3) is 5.56 Å². The molecule has 2 aromatic heterocycles. The average molecular weight is 299 g/mol. The van der Waals surface area contributed by atoms with Gasteiger partial charge in [0.2, 0.25) is 5.91 Å². The lowest BCUT2D eigenvalue weighted by Crippen LogP contribution is -2.32. The Bertz CT molecular complexity index is 852. The van der Waals surface area contributed by atoms with Gasteiger partial charge in [-0.05, 0) is 5.56 Å². The monoisotopic (exact) mass is 299 g/mol. The van der Waals surface area contributed by atoms with Crippen molar-refractivity contribution < 1.29 is 4.79 Å². The van der Waals surface area contributed by atoms with Crippen LogP contribution in [-0.4, -0.2) is 15.6 Å². The molecule has 21 heavy (non-hydrogen) atoms. The molecule has 0 saturated carbocycles. The van der Waals surface area contributed by atoms with Gasteiger partial charge in [0.15, 0.2) is 0 Å². The zero-order valence-electron chi connectivity index (χ0n) is 11.4. The fraction of sp³-hybridized carbons (Fsp3) is 0.133. The van der Waals surface area contributed by atoms with E-state index in [1.165, 1.54) is 17.7 Å². The number of aromatic nitrogens is 2. The number of hydrogen-bond acceptors (Lipinski definition) is 4. The third kappa shape index (κ3) is 2.45. The van der Waals surface area contributed by atoms with Gasteiger partial charge in [-0.25, -0.2) is 9.66 Å². The molecular weight excluding hydrogens is 286 g/mol. The number of benzene rings is 1. The quantitative estimate of drug-likeness (QED) is 0.808. The van der Waals surface area contributed by atoms with Gasteiger partial charge in [-0.1, -0.05) is 37.3 Å². The number of nitrogens with zero attached hydrogens (tertiary/aromatic N) is 2. The summed E-state index contributed by atoms with van der Waals surface area (Å²) in [4.78, 5) is 28.9. The predicted molar refractivity (Wildman–Crippen MR) is 84.0 cm³/mol. The largest absolute Gasteiger partial charge is 0.281 e. The SMILES string of the molecule is CCC(=O)Nn1cnc2scc(-c3ccccc3)c2c1=O. The van der Waals surface area contributed by atoms with Gasteiger partial charge in [0.1, 0.15) is 11.2 Å². The second kappa shape index (κ2) is 5.49. The highest BCUT2D eigenvalue weighted by Crippen LogP contribution is 2.30. The van der Waals surface area contributed by atoms with Gasteiger partial charge < -0.3 is 0 Å². The van der Waals surface area contributed by atoms with Crippen molar-refractivity contribution in [1.29, 1.82) is 0 Å². The molecule has 0 aliphatic heterocycles. The zero-order valence-corrected chi connectivity index (χ0v) is 12.2. The normalized spacial score (nSPS) is 10.7. The van der Waals surface area contributed by atoms with Crippen LogP contribution in [0.3, 0.4) is 0 Å². The number of nitrogens with one attached hydrogen (secondary N) is 1. The van der Waals surface area contributed by atoms with Gasteiger partial charge in [-0.2, -0.15) is 0 Å². The fourth-order valence-electron chi connectivity index (χ4n) is 2.06. The number of carbonyl (C=O) groups is 1. The van der Waals surface area contributed by atoms with Crippen molar-refractivity contribution in [1.82, 2.24) is 9.66 Å². The molecule has 3 aromatic rings. The summed E-state index contributed by atoms with van der Waals surface area (Å²) >= 11 is 1.42. The molecule has 0 saturated heterocycles. The molecule has 5 nitrogen and oxygen atoms in total. The number of amides is 1. The first-order valence-corrected chi connectivity index (χ1v) is 7.42. The van der Waals surface area contributed by atoms with E-state index in [0.29, 0.717) is 16.6 Å². The Morgan fingerprint density at radius 3 is 2.81 bits per heavy atom. The summed E-state index contributed by atoms with van der Waals surface area (Å²) < 4.78 is 1.15. The molecule has 0 atom stereocenters. The summed E-state index contributed by atoms with van der Waals surface area (Å²) in [5.41, 5.74) is 4.07. The Hall–Kier alpha value is -2.47. The highest BCUT2D eigenvalue weighted by atomic mass is 32.1. The second-order valence-corrected chi connectivity index (χ2v) is 5.36. The van der Waals surface area contributed by atoms with Gasteiger partial charge in [-0.3, -0.25) is 15.0 Å². The van der Waals surface area contributed by atoms with Crippen molar-refractivity contribution in [3.63, 3.8) is 0 Å². The minimum absolute atomic E-state index is 0.227. The van der Waals surface area contributed by atoms with Crippen LogP contribution in [0, 0.1) is 0 Å². The van der Waals surface area contributed by atoms with E-state index in [-0.39, 0.29) is 11.5 Å². The van der Waals surface area contributed by atoms with Gasteiger partial charge in [0.05, 0.1) is 5.39 Å². The van der Waals surface area contributed by atoms with E-state index in [0.717, 1.165) is 15.8 Å². The Morgan fingerprint density at radius 1 is 1.33 bits per heavy atom. The van der Waals surface area contributed by atoms with Crippen LogP contribution in [0.4, 0.5) is 0 Å². The Labute approximate surface area is 124 Å². The van der Waals surface area contributed by atoms with E-state index in [1.807, 2.05) is 35.7 Å². The summed E-state index contributed by atoms with van der Waals surface area (Å²) in [5.74, 6) is -0.227. The van der Waals surface area contributed by atoms with Crippen LogP contribution in [0.1, 0.15) is 13.3 Å². The van der Waals surface area contributed by atoms with E-state index in [2.05, 4.69) is 10.4 Å². The van der Waals surface area contributed by atoms with Crippen LogP contribution < -0.4 is 11.0 Å². The topological polar surface area (TPSA) is 64.0 Å². The molecule has 0 fully saturated rings.